The smallest absolute Gasteiger partial charge is 0.349 e. The van der Waals surface area contributed by atoms with E-state index in [1.807, 2.05) is 0 Å². The predicted molar refractivity (Wildman–Crippen MR) is 59.4 cm³/mol. The lowest BCUT2D eigenvalue weighted by molar-refractivity contribution is -0.113. The number of nitrogens with two attached hydrogens (primary N) is 1. The van der Waals surface area contributed by atoms with Gasteiger partial charge in [-0.2, -0.15) is 4.98 Å². The molecule has 0 unspecified atom stereocenters. The molecule has 94 valence electrons. The van der Waals surface area contributed by atoms with E-state index in [1.165, 1.54) is 16.8 Å². The third kappa shape index (κ3) is 2.46. The SMILES string of the molecule is Nc1ccn([C@@H]2CO[C@@H](CO)[C@@H](O)C2)c(=O)n1. The summed E-state index contributed by atoms with van der Waals surface area (Å²) in [7, 11) is 0. The number of anilines is 1. The van der Waals surface area contributed by atoms with Gasteiger partial charge in [0.05, 0.1) is 25.4 Å². The van der Waals surface area contributed by atoms with Crippen LogP contribution in [0, 0.1) is 0 Å². The van der Waals surface area contributed by atoms with Crippen molar-refractivity contribution in [1.29, 1.82) is 0 Å². The number of nitrogen functional groups attached to an aromatic ring is 1. The maximum absolute atomic E-state index is 11.6. The van der Waals surface area contributed by atoms with E-state index in [4.69, 9.17) is 15.6 Å². The van der Waals surface area contributed by atoms with Crippen LogP contribution >= 0.6 is 0 Å². The van der Waals surface area contributed by atoms with Gasteiger partial charge in [-0.15, -0.1) is 0 Å². The van der Waals surface area contributed by atoms with Gasteiger partial charge in [-0.25, -0.2) is 4.79 Å². The summed E-state index contributed by atoms with van der Waals surface area (Å²) in [6, 6.07) is 1.24. The fourth-order valence-corrected chi connectivity index (χ4v) is 1.92. The second-order valence-corrected chi connectivity index (χ2v) is 4.05. The van der Waals surface area contributed by atoms with Crippen molar-refractivity contribution >= 4 is 5.82 Å². The van der Waals surface area contributed by atoms with Gasteiger partial charge in [0.25, 0.3) is 0 Å². The number of aliphatic hydroxyl groups is 2. The van der Waals surface area contributed by atoms with E-state index >= 15 is 0 Å². The first-order valence-corrected chi connectivity index (χ1v) is 5.37. The third-order valence-corrected chi connectivity index (χ3v) is 2.87. The maximum Gasteiger partial charge on any atom is 0.349 e. The lowest BCUT2D eigenvalue weighted by Crippen LogP contribution is -2.43. The first kappa shape index (κ1) is 12.0. The molecule has 1 aromatic heterocycles. The zero-order valence-corrected chi connectivity index (χ0v) is 9.19. The molecule has 7 nitrogen and oxygen atoms in total. The highest BCUT2D eigenvalue weighted by molar-refractivity contribution is 5.23. The summed E-state index contributed by atoms with van der Waals surface area (Å²) in [4.78, 5) is 15.2. The van der Waals surface area contributed by atoms with Crippen molar-refractivity contribution in [2.24, 2.45) is 0 Å². The summed E-state index contributed by atoms with van der Waals surface area (Å²) < 4.78 is 6.66. The van der Waals surface area contributed by atoms with Crippen LogP contribution in [0.3, 0.4) is 0 Å². The van der Waals surface area contributed by atoms with E-state index in [1.54, 1.807) is 0 Å². The molecular weight excluding hydrogens is 226 g/mol. The molecule has 0 aliphatic carbocycles. The second-order valence-electron chi connectivity index (χ2n) is 4.05. The molecule has 7 heteroatoms. The normalized spacial score (nSPS) is 29.2. The van der Waals surface area contributed by atoms with Crippen LogP contribution in [0.25, 0.3) is 0 Å². The van der Waals surface area contributed by atoms with Gasteiger partial charge in [-0.3, -0.25) is 4.57 Å². The molecular formula is C10H15N3O4. The maximum atomic E-state index is 11.6. The number of hydrogen-bond acceptors (Lipinski definition) is 6. The molecule has 2 heterocycles. The summed E-state index contributed by atoms with van der Waals surface area (Å²) in [6.07, 6.45) is 0.508. The highest BCUT2D eigenvalue weighted by Crippen LogP contribution is 2.22. The largest absolute Gasteiger partial charge is 0.394 e. The van der Waals surface area contributed by atoms with Crippen LogP contribution in [-0.2, 0) is 4.74 Å². The Morgan fingerprint density at radius 2 is 2.41 bits per heavy atom. The number of aliphatic hydroxyl groups excluding tert-OH is 2. The zero-order chi connectivity index (χ0) is 12.4. The van der Waals surface area contributed by atoms with Crippen molar-refractivity contribution in [2.45, 2.75) is 24.7 Å². The van der Waals surface area contributed by atoms with E-state index in [0.717, 1.165) is 0 Å². The number of nitrogens with zero attached hydrogens (tertiary/aromatic N) is 2. The Balaban J connectivity index is 2.16. The molecule has 1 aromatic rings. The monoisotopic (exact) mass is 241 g/mol. The van der Waals surface area contributed by atoms with Gasteiger partial charge in [-0.05, 0) is 12.5 Å². The van der Waals surface area contributed by atoms with E-state index in [-0.39, 0.29) is 25.1 Å². The number of aromatic nitrogens is 2. The molecule has 0 bridgehead atoms. The molecule has 0 spiro atoms. The molecule has 0 amide bonds. The van der Waals surface area contributed by atoms with Crippen LogP contribution in [-0.4, -0.2) is 45.2 Å². The van der Waals surface area contributed by atoms with Crippen molar-refractivity contribution in [3.63, 3.8) is 0 Å². The van der Waals surface area contributed by atoms with Crippen molar-refractivity contribution in [3.8, 4) is 0 Å². The van der Waals surface area contributed by atoms with Crippen molar-refractivity contribution in [2.75, 3.05) is 18.9 Å². The van der Waals surface area contributed by atoms with E-state index < -0.39 is 17.9 Å². The van der Waals surface area contributed by atoms with Gasteiger partial charge in [0, 0.05) is 6.20 Å². The first-order valence-electron chi connectivity index (χ1n) is 5.37. The quantitative estimate of drug-likeness (QED) is 0.581. The molecule has 1 fully saturated rings. The molecule has 0 saturated carbocycles. The molecule has 17 heavy (non-hydrogen) atoms. The average molecular weight is 241 g/mol. The molecule has 2 rings (SSSR count). The van der Waals surface area contributed by atoms with E-state index in [0.29, 0.717) is 6.42 Å². The summed E-state index contributed by atoms with van der Waals surface area (Å²) in [5.74, 6) is 0.164. The minimum absolute atomic E-state index is 0.164. The van der Waals surface area contributed by atoms with Crippen LogP contribution in [0.2, 0.25) is 0 Å². The number of ether oxygens (including phenoxy) is 1. The van der Waals surface area contributed by atoms with Gasteiger partial charge in [0.2, 0.25) is 0 Å². The lowest BCUT2D eigenvalue weighted by atomic mass is 10.0. The van der Waals surface area contributed by atoms with Gasteiger partial charge >= 0.3 is 5.69 Å². The van der Waals surface area contributed by atoms with Crippen molar-refractivity contribution < 1.29 is 14.9 Å². The average Bonchev–Trinajstić information content (AvgIpc) is 2.29. The first-order chi connectivity index (χ1) is 8.11. The van der Waals surface area contributed by atoms with Gasteiger partial charge in [0.15, 0.2) is 0 Å². The van der Waals surface area contributed by atoms with Crippen LogP contribution in [0.5, 0.6) is 0 Å². The molecule has 1 aliphatic heterocycles. The minimum Gasteiger partial charge on any atom is -0.394 e. The van der Waals surface area contributed by atoms with Gasteiger partial charge < -0.3 is 20.7 Å². The predicted octanol–water partition coefficient (Wildman–Crippen LogP) is -1.49. The van der Waals surface area contributed by atoms with Crippen LogP contribution in [0.1, 0.15) is 12.5 Å². The van der Waals surface area contributed by atoms with Crippen LogP contribution in [0.15, 0.2) is 17.1 Å². The molecule has 3 atom stereocenters. The Bertz CT molecular complexity index is 447. The summed E-state index contributed by atoms with van der Waals surface area (Å²) >= 11 is 0. The highest BCUT2D eigenvalue weighted by Gasteiger charge is 2.30. The summed E-state index contributed by atoms with van der Waals surface area (Å²) in [5, 5.41) is 18.6. The number of rotatable bonds is 2. The Morgan fingerprint density at radius 3 is 3.00 bits per heavy atom. The van der Waals surface area contributed by atoms with E-state index in [9.17, 15) is 9.90 Å². The molecule has 0 aromatic carbocycles. The zero-order valence-electron chi connectivity index (χ0n) is 9.19. The second kappa shape index (κ2) is 4.82. The lowest BCUT2D eigenvalue weighted by Gasteiger charge is -2.32. The molecule has 0 radical (unpaired) electrons. The summed E-state index contributed by atoms with van der Waals surface area (Å²) in [6.45, 7) is 0.0244. The third-order valence-electron chi connectivity index (χ3n) is 2.87. The number of hydrogen-bond donors (Lipinski definition) is 3. The fourth-order valence-electron chi connectivity index (χ4n) is 1.92. The van der Waals surface area contributed by atoms with Crippen LogP contribution in [0.4, 0.5) is 5.82 Å². The van der Waals surface area contributed by atoms with Crippen LogP contribution < -0.4 is 11.4 Å². The van der Waals surface area contributed by atoms with E-state index in [2.05, 4.69) is 4.98 Å². The molecule has 1 aliphatic rings. The summed E-state index contributed by atoms with van der Waals surface area (Å²) in [5.41, 5.74) is 4.93. The van der Waals surface area contributed by atoms with Crippen molar-refractivity contribution in [3.05, 3.63) is 22.7 Å². The standard InChI is InChI=1S/C10H15N3O4/c11-9-1-2-13(10(16)12-9)6-3-7(15)8(4-14)17-5-6/h1-2,6-8,14-15H,3-5H2,(H2,11,12,16)/t6-,7-,8-/m0/s1. The Morgan fingerprint density at radius 1 is 1.65 bits per heavy atom. The minimum atomic E-state index is -0.789. The Kier molecular flexibility index (Phi) is 3.41. The Labute approximate surface area is 97.5 Å². The Hall–Kier alpha value is -1.44. The fraction of sp³-hybridized carbons (Fsp3) is 0.600. The van der Waals surface area contributed by atoms with Gasteiger partial charge in [-0.1, -0.05) is 0 Å². The van der Waals surface area contributed by atoms with Gasteiger partial charge in [0.1, 0.15) is 11.9 Å². The van der Waals surface area contributed by atoms with Crippen molar-refractivity contribution in [1.82, 2.24) is 9.55 Å². The molecule has 4 N–H and O–H groups in total. The topological polar surface area (TPSA) is 111 Å². The highest BCUT2D eigenvalue weighted by atomic mass is 16.5. The molecule has 1 saturated heterocycles.